The lowest BCUT2D eigenvalue weighted by atomic mass is 9.62. The first kappa shape index (κ1) is 20.3. The third-order valence-corrected chi connectivity index (χ3v) is 6.69. The normalized spacial score (nSPS) is 19.0. The van der Waals surface area contributed by atoms with Crippen molar-refractivity contribution in [2.45, 2.75) is 52.4 Å². The van der Waals surface area contributed by atoms with Gasteiger partial charge in [-0.15, -0.1) is 5.92 Å². The van der Waals surface area contributed by atoms with Gasteiger partial charge in [0, 0.05) is 37.7 Å². The quantitative estimate of drug-likeness (QED) is 0.555. The number of anilines is 1. The van der Waals surface area contributed by atoms with E-state index in [4.69, 9.17) is 0 Å². The highest BCUT2D eigenvalue weighted by atomic mass is 16.2. The molecule has 0 amide bonds. The highest BCUT2D eigenvalue weighted by Crippen LogP contribution is 2.47. The highest BCUT2D eigenvalue weighted by molar-refractivity contribution is 6.10. The minimum atomic E-state index is -0.618. The number of hydrogen-bond donors (Lipinski definition) is 0. The lowest BCUT2D eigenvalue weighted by molar-refractivity contribution is -0.137. The summed E-state index contributed by atoms with van der Waals surface area (Å²) in [5.41, 5.74) is 3.62. The molecule has 1 saturated carbocycles. The number of ketones is 2. The summed E-state index contributed by atoms with van der Waals surface area (Å²) in [5, 5.41) is 0. The molecule has 0 bridgehead atoms. The number of carbonyl (C=O) groups excluding carboxylic acids is 2. The maximum absolute atomic E-state index is 13.3. The van der Waals surface area contributed by atoms with Gasteiger partial charge in [0.25, 0.3) is 0 Å². The average molecular weight is 401 g/mol. The van der Waals surface area contributed by atoms with Gasteiger partial charge in [-0.2, -0.15) is 0 Å². The van der Waals surface area contributed by atoms with Gasteiger partial charge < -0.3 is 4.90 Å². The number of hydrogen-bond acceptors (Lipinski definition) is 4. The standard InChI is InChI=1S/C26H28N2O2/c1-4-7-20-14-18(2)24(19(3)15-20)25-21(29)16-26(17-22(25)30)9-12-28(13-10-26)23-8-5-6-11-27-23/h5-6,8,11,14-15,25H,9-10,12-13,16-17H2,1-3H3. The number of aryl methyl sites for hydroxylation is 2. The number of pyridine rings is 1. The fourth-order valence-electron chi connectivity index (χ4n) is 5.26. The Morgan fingerprint density at radius 2 is 1.67 bits per heavy atom. The minimum absolute atomic E-state index is 0.0815. The third-order valence-electron chi connectivity index (χ3n) is 6.69. The zero-order chi connectivity index (χ0) is 21.3. The van der Waals surface area contributed by atoms with Crippen LogP contribution in [0.2, 0.25) is 0 Å². The van der Waals surface area contributed by atoms with Crippen molar-refractivity contribution in [3.63, 3.8) is 0 Å². The second-order valence-electron chi connectivity index (χ2n) is 8.79. The van der Waals surface area contributed by atoms with E-state index in [2.05, 4.69) is 21.7 Å². The maximum Gasteiger partial charge on any atom is 0.148 e. The molecular formula is C26H28N2O2. The van der Waals surface area contributed by atoms with E-state index in [-0.39, 0.29) is 17.0 Å². The molecule has 1 aromatic carbocycles. The first-order valence-electron chi connectivity index (χ1n) is 10.7. The largest absolute Gasteiger partial charge is 0.357 e. The van der Waals surface area contributed by atoms with E-state index in [0.29, 0.717) is 12.8 Å². The zero-order valence-corrected chi connectivity index (χ0v) is 18.0. The lowest BCUT2D eigenvalue weighted by Gasteiger charge is -2.45. The van der Waals surface area contributed by atoms with Gasteiger partial charge in [-0.3, -0.25) is 9.59 Å². The molecule has 4 nitrogen and oxygen atoms in total. The monoisotopic (exact) mass is 400 g/mol. The van der Waals surface area contributed by atoms with E-state index < -0.39 is 5.92 Å². The average Bonchev–Trinajstić information content (AvgIpc) is 2.71. The van der Waals surface area contributed by atoms with Crippen LogP contribution in [0.25, 0.3) is 0 Å². The summed E-state index contributed by atoms with van der Waals surface area (Å²) in [5.74, 6) is 6.51. The molecule has 4 heteroatoms. The summed E-state index contributed by atoms with van der Waals surface area (Å²) in [6, 6.07) is 9.92. The van der Waals surface area contributed by atoms with Crippen LogP contribution >= 0.6 is 0 Å². The van der Waals surface area contributed by atoms with Crippen molar-refractivity contribution in [3.8, 4) is 11.8 Å². The van der Waals surface area contributed by atoms with Crippen LogP contribution in [0, 0.1) is 31.1 Å². The van der Waals surface area contributed by atoms with Crippen LogP contribution in [0.5, 0.6) is 0 Å². The Bertz CT molecular complexity index is 995. The molecule has 1 aliphatic heterocycles. The Morgan fingerprint density at radius 1 is 1.03 bits per heavy atom. The molecule has 4 rings (SSSR count). The fraction of sp³-hybridized carbons (Fsp3) is 0.423. The zero-order valence-electron chi connectivity index (χ0n) is 18.0. The Kier molecular flexibility index (Phi) is 5.47. The molecule has 0 N–H and O–H groups in total. The molecule has 1 saturated heterocycles. The molecule has 0 unspecified atom stereocenters. The summed E-state index contributed by atoms with van der Waals surface area (Å²) in [7, 11) is 0. The molecule has 2 fully saturated rings. The number of Topliss-reactive ketones (excluding diaryl/α,β-unsaturated/α-hetero) is 2. The van der Waals surface area contributed by atoms with Crippen molar-refractivity contribution < 1.29 is 9.59 Å². The first-order valence-corrected chi connectivity index (χ1v) is 10.7. The van der Waals surface area contributed by atoms with Gasteiger partial charge >= 0.3 is 0 Å². The molecule has 154 valence electrons. The Balaban J connectivity index is 1.53. The van der Waals surface area contributed by atoms with E-state index in [1.54, 1.807) is 6.20 Å². The summed E-state index contributed by atoms with van der Waals surface area (Å²) in [6.07, 6.45) is 4.51. The van der Waals surface area contributed by atoms with Gasteiger partial charge in [-0.05, 0) is 80.0 Å². The second-order valence-corrected chi connectivity index (χ2v) is 8.79. The van der Waals surface area contributed by atoms with Crippen LogP contribution in [-0.2, 0) is 9.59 Å². The minimum Gasteiger partial charge on any atom is -0.357 e. The molecular weight excluding hydrogens is 372 g/mol. The molecule has 1 aliphatic carbocycles. The number of benzene rings is 1. The topological polar surface area (TPSA) is 50.3 Å². The molecule has 0 radical (unpaired) electrons. The van der Waals surface area contributed by atoms with Crippen molar-refractivity contribution in [2.75, 3.05) is 18.0 Å². The lowest BCUT2D eigenvalue weighted by Crippen LogP contribution is -2.47. The Labute approximate surface area is 178 Å². The van der Waals surface area contributed by atoms with Gasteiger partial charge in [0.1, 0.15) is 23.3 Å². The summed E-state index contributed by atoms with van der Waals surface area (Å²) < 4.78 is 0. The fourth-order valence-corrected chi connectivity index (χ4v) is 5.26. The number of aromatic nitrogens is 1. The molecule has 0 atom stereocenters. The van der Waals surface area contributed by atoms with Crippen molar-refractivity contribution in [1.29, 1.82) is 0 Å². The predicted molar refractivity (Wildman–Crippen MR) is 119 cm³/mol. The van der Waals surface area contributed by atoms with Crippen molar-refractivity contribution >= 4 is 17.4 Å². The highest BCUT2D eigenvalue weighted by Gasteiger charge is 2.47. The maximum atomic E-state index is 13.3. The number of rotatable bonds is 2. The van der Waals surface area contributed by atoms with Gasteiger partial charge in [0.15, 0.2) is 0 Å². The first-order chi connectivity index (χ1) is 14.4. The van der Waals surface area contributed by atoms with Crippen LogP contribution in [-0.4, -0.2) is 29.6 Å². The van der Waals surface area contributed by atoms with Crippen molar-refractivity contribution in [2.24, 2.45) is 5.41 Å². The number of carbonyl (C=O) groups is 2. The third kappa shape index (κ3) is 3.77. The van der Waals surface area contributed by atoms with Crippen molar-refractivity contribution in [3.05, 3.63) is 58.8 Å². The van der Waals surface area contributed by atoms with Crippen LogP contribution in [0.15, 0.2) is 36.5 Å². The van der Waals surface area contributed by atoms with Crippen molar-refractivity contribution in [1.82, 2.24) is 4.98 Å². The molecule has 1 aromatic heterocycles. The van der Waals surface area contributed by atoms with Crippen LogP contribution < -0.4 is 4.90 Å². The molecule has 2 heterocycles. The van der Waals surface area contributed by atoms with E-state index in [1.807, 2.05) is 51.1 Å². The van der Waals surface area contributed by atoms with Crippen LogP contribution in [0.1, 0.15) is 60.8 Å². The number of piperidine rings is 1. The van der Waals surface area contributed by atoms with Gasteiger partial charge in [-0.1, -0.05) is 12.0 Å². The van der Waals surface area contributed by atoms with Crippen LogP contribution in [0.3, 0.4) is 0 Å². The van der Waals surface area contributed by atoms with Gasteiger partial charge in [-0.25, -0.2) is 4.98 Å². The van der Waals surface area contributed by atoms with E-state index >= 15 is 0 Å². The molecule has 2 aromatic rings. The number of nitrogens with zero attached hydrogens (tertiary/aromatic N) is 2. The Hall–Kier alpha value is -2.93. The summed E-state index contributed by atoms with van der Waals surface area (Å²) in [6.45, 7) is 7.46. The van der Waals surface area contributed by atoms with Gasteiger partial charge in [0.05, 0.1) is 0 Å². The SMILES string of the molecule is CC#Cc1cc(C)c(C2C(=O)CC3(CCN(c4ccccn4)CC3)CC2=O)c(C)c1. The smallest absolute Gasteiger partial charge is 0.148 e. The summed E-state index contributed by atoms with van der Waals surface area (Å²) >= 11 is 0. The molecule has 1 spiro atoms. The van der Waals surface area contributed by atoms with E-state index in [1.165, 1.54) is 0 Å². The second kappa shape index (κ2) is 8.07. The summed E-state index contributed by atoms with van der Waals surface area (Å²) in [4.78, 5) is 33.2. The Morgan fingerprint density at radius 3 is 2.20 bits per heavy atom. The predicted octanol–water partition coefficient (Wildman–Crippen LogP) is 4.37. The van der Waals surface area contributed by atoms with Gasteiger partial charge in [0.2, 0.25) is 0 Å². The van der Waals surface area contributed by atoms with Crippen LogP contribution in [0.4, 0.5) is 5.82 Å². The van der Waals surface area contributed by atoms with E-state index in [0.717, 1.165) is 54.0 Å². The molecule has 30 heavy (non-hydrogen) atoms. The molecule has 2 aliphatic rings. The van der Waals surface area contributed by atoms with E-state index in [9.17, 15) is 9.59 Å².